The molecule has 0 radical (unpaired) electrons. The van der Waals surface area contributed by atoms with Gasteiger partial charge in [0.2, 0.25) is 0 Å². The number of hydrogen-bond donors (Lipinski definition) is 1. The zero-order valence-electron chi connectivity index (χ0n) is 9.74. The van der Waals surface area contributed by atoms with Crippen LogP contribution in [0, 0.1) is 5.92 Å². The molecule has 0 aromatic heterocycles. The largest absolute Gasteiger partial charge is 0.324 e. The summed E-state index contributed by atoms with van der Waals surface area (Å²) in [6.45, 7) is 4.44. The third kappa shape index (κ3) is 2.82. The first-order valence-corrected chi connectivity index (χ1v) is 6.02. The van der Waals surface area contributed by atoms with Crippen LogP contribution in [0.3, 0.4) is 0 Å². The minimum atomic E-state index is 0.249. The van der Waals surface area contributed by atoms with Crippen LogP contribution in [0.15, 0.2) is 24.3 Å². The Morgan fingerprint density at radius 2 is 1.67 bits per heavy atom. The predicted octanol–water partition coefficient (Wildman–Crippen LogP) is 3.61. The van der Waals surface area contributed by atoms with Gasteiger partial charge >= 0.3 is 0 Å². The van der Waals surface area contributed by atoms with Gasteiger partial charge in [-0.3, -0.25) is 0 Å². The molecule has 2 rings (SSSR count). The van der Waals surface area contributed by atoms with Gasteiger partial charge in [-0.15, -0.1) is 0 Å². The molecular formula is C14H21N. The molecule has 1 atom stereocenters. The van der Waals surface area contributed by atoms with E-state index in [1.807, 2.05) is 0 Å². The molecule has 1 fully saturated rings. The average Bonchev–Trinajstić information content (AvgIpc) is 3.02. The fraction of sp³-hybridized carbons (Fsp3) is 0.571. The van der Waals surface area contributed by atoms with E-state index in [0.717, 1.165) is 5.92 Å². The zero-order chi connectivity index (χ0) is 10.8. The van der Waals surface area contributed by atoms with Crippen LogP contribution < -0.4 is 5.73 Å². The number of rotatable bonds is 4. The standard InChI is InChI=1S/C14H21N/c1-10(2)12-5-7-13(8-6-12)14(15)9-11-3-4-11/h5-8,10-11,14H,3-4,9,15H2,1-2H3/t14-/m0/s1. The summed E-state index contributed by atoms with van der Waals surface area (Å²) in [6.07, 6.45) is 3.94. The molecule has 1 aromatic carbocycles. The van der Waals surface area contributed by atoms with Crippen molar-refractivity contribution in [2.45, 2.75) is 45.1 Å². The van der Waals surface area contributed by atoms with Gasteiger partial charge in [0.1, 0.15) is 0 Å². The van der Waals surface area contributed by atoms with Crippen molar-refractivity contribution in [3.8, 4) is 0 Å². The Kier molecular flexibility index (Phi) is 3.11. The molecule has 1 saturated carbocycles. The van der Waals surface area contributed by atoms with Crippen molar-refractivity contribution in [2.24, 2.45) is 11.7 Å². The second kappa shape index (κ2) is 4.36. The van der Waals surface area contributed by atoms with E-state index in [-0.39, 0.29) is 6.04 Å². The Balaban J connectivity index is 2.01. The molecule has 2 N–H and O–H groups in total. The number of nitrogens with two attached hydrogens (primary N) is 1. The minimum absolute atomic E-state index is 0.249. The first-order chi connectivity index (χ1) is 7.16. The van der Waals surface area contributed by atoms with E-state index >= 15 is 0 Å². The van der Waals surface area contributed by atoms with Gasteiger partial charge in [0.25, 0.3) is 0 Å². The molecule has 0 amide bonds. The Morgan fingerprint density at radius 1 is 1.13 bits per heavy atom. The Morgan fingerprint density at radius 3 is 2.13 bits per heavy atom. The SMILES string of the molecule is CC(C)c1ccc([C@@H](N)CC2CC2)cc1. The quantitative estimate of drug-likeness (QED) is 0.794. The van der Waals surface area contributed by atoms with Gasteiger partial charge in [-0.2, -0.15) is 0 Å². The summed E-state index contributed by atoms with van der Waals surface area (Å²) in [5.74, 6) is 1.52. The van der Waals surface area contributed by atoms with Crippen LogP contribution in [-0.4, -0.2) is 0 Å². The van der Waals surface area contributed by atoms with E-state index in [0.29, 0.717) is 5.92 Å². The molecule has 1 heteroatoms. The van der Waals surface area contributed by atoms with Crippen molar-refractivity contribution in [1.29, 1.82) is 0 Å². The molecule has 0 aliphatic heterocycles. The topological polar surface area (TPSA) is 26.0 Å². The van der Waals surface area contributed by atoms with Crippen LogP contribution in [0.4, 0.5) is 0 Å². The van der Waals surface area contributed by atoms with Gasteiger partial charge in [0.15, 0.2) is 0 Å². The second-order valence-corrected chi connectivity index (χ2v) is 5.11. The summed E-state index contributed by atoms with van der Waals surface area (Å²) in [6, 6.07) is 9.07. The first-order valence-electron chi connectivity index (χ1n) is 6.02. The van der Waals surface area contributed by atoms with E-state index in [4.69, 9.17) is 5.73 Å². The molecule has 0 bridgehead atoms. The molecule has 0 heterocycles. The highest BCUT2D eigenvalue weighted by molar-refractivity contribution is 5.26. The minimum Gasteiger partial charge on any atom is -0.324 e. The van der Waals surface area contributed by atoms with E-state index in [1.165, 1.54) is 30.4 Å². The maximum absolute atomic E-state index is 6.16. The lowest BCUT2D eigenvalue weighted by Gasteiger charge is -2.13. The molecule has 0 spiro atoms. The van der Waals surface area contributed by atoms with Crippen molar-refractivity contribution in [3.05, 3.63) is 35.4 Å². The molecule has 0 unspecified atom stereocenters. The molecule has 1 aliphatic carbocycles. The number of hydrogen-bond acceptors (Lipinski definition) is 1. The summed E-state index contributed by atoms with van der Waals surface area (Å²) in [5, 5.41) is 0. The molecule has 15 heavy (non-hydrogen) atoms. The van der Waals surface area contributed by atoms with Crippen LogP contribution in [0.1, 0.15) is 56.2 Å². The highest BCUT2D eigenvalue weighted by atomic mass is 14.6. The fourth-order valence-electron chi connectivity index (χ4n) is 1.98. The molecule has 1 aromatic rings. The monoisotopic (exact) mass is 203 g/mol. The lowest BCUT2D eigenvalue weighted by Crippen LogP contribution is -2.10. The maximum Gasteiger partial charge on any atom is 0.0297 e. The van der Waals surface area contributed by atoms with Crippen LogP contribution in [0.2, 0.25) is 0 Å². The van der Waals surface area contributed by atoms with Gasteiger partial charge in [-0.1, -0.05) is 51.0 Å². The van der Waals surface area contributed by atoms with E-state index in [9.17, 15) is 0 Å². The number of benzene rings is 1. The second-order valence-electron chi connectivity index (χ2n) is 5.11. The molecular weight excluding hydrogens is 182 g/mol. The fourth-order valence-corrected chi connectivity index (χ4v) is 1.98. The summed E-state index contributed by atoms with van der Waals surface area (Å²) in [4.78, 5) is 0. The van der Waals surface area contributed by atoms with Gasteiger partial charge in [0, 0.05) is 6.04 Å². The summed E-state index contributed by atoms with van der Waals surface area (Å²) < 4.78 is 0. The van der Waals surface area contributed by atoms with Crippen molar-refractivity contribution in [1.82, 2.24) is 0 Å². The summed E-state index contributed by atoms with van der Waals surface area (Å²) in [5.41, 5.74) is 8.86. The zero-order valence-corrected chi connectivity index (χ0v) is 9.74. The van der Waals surface area contributed by atoms with E-state index in [2.05, 4.69) is 38.1 Å². The molecule has 1 aliphatic rings. The molecule has 1 nitrogen and oxygen atoms in total. The Labute approximate surface area is 92.7 Å². The lowest BCUT2D eigenvalue weighted by atomic mass is 9.97. The van der Waals surface area contributed by atoms with Crippen molar-refractivity contribution >= 4 is 0 Å². The van der Waals surface area contributed by atoms with Crippen molar-refractivity contribution < 1.29 is 0 Å². The smallest absolute Gasteiger partial charge is 0.0297 e. The maximum atomic E-state index is 6.16. The molecule has 0 saturated heterocycles. The third-order valence-electron chi connectivity index (χ3n) is 3.32. The van der Waals surface area contributed by atoms with Crippen molar-refractivity contribution in [3.63, 3.8) is 0 Å². The summed E-state index contributed by atoms with van der Waals surface area (Å²) in [7, 11) is 0. The van der Waals surface area contributed by atoms with Crippen LogP contribution in [0.25, 0.3) is 0 Å². The van der Waals surface area contributed by atoms with E-state index < -0.39 is 0 Å². The lowest BCUT2D eigenvalue weighted by molar-refractivity contribution is 0.596. The van der Waals surface area contributed by atoms with Gasteiger partial charge in [-0.25, -0.2) is 0 Å². The highest BCUT2D eigenvalue weighted by Crippen LogP contribution is 2.36. The first kappa shape index (κ1) is 10.7. The summed E-state index contributed by atoms with van der Waals surface area (Å²) >= 11 is 0. The van der Waals surface area contributed by atoms with Gasteiger partial charge in [-0.05, 0) is 29.4 Å². The van der Waals surface area contributed by atoms with E-state index in [1.54, 1.807) is 0 Å². The highest BCUT2D eigenvalue weighted by Gasteiger charge is 2.24. The normalized spacial score (nSPS) is 18.1. The molecule has 82 valence electrons. The third-order valence-corrected chi connectivity index (χ3v) is 3.32. The van der Waals surface area contributed by atoms with Gasteiger partial charge < -0.3 is 5.73 Å². The van der Waals surface area contributed by atoms with Gasteiger partial charge in [0.05, 0.1) is 0 Å². The predicted molar refractivity (Wildman–Crippen MR) is 64.8 cm³/mol. The Hall–Kier alpha value is -0.820. The Bertz CT molecular complexity index is 309. The van der Waals surface area contributed by atoms with Crippen LogP contribution >= 0.6 is 0 Å². The van der Waals surface area contributed by atoms with Crippen molar-refractivity contribution in [2.75, 3.05) is 0 Å². The van der Waals surface area contributed by atoms with Crippen LogP contribution in [0.5, 0.6) is 0 Å². The van der Waals surface area contributed by atoms with Crippen LogP contribution in [-0.2, 0) is 0 Å². The average molecular weight is 203 g/mol.